The molecule has 0 spiro atoms. The Morgan fingerprint density at radius 1 is 1.80 bits per heavy atom. The molecular weight excluding hydrogens is 154 g/mol. The maximum absolute atomic E-state index is 11.0. The zero-order valence-corrected chi connectivity index (χ0v) is 6.57. The number of carbonyl (C=O) groups is 1. The van der Waals surface area contributed by atoms with E-state index >= 15 is 0 Å². The molecule has 1 rings (SSSR count). The molecule has 1 aliphatic heterocycles. The summed E-state index contributed by atoms with van der Waals surface area (Å²) in [6.45, 7) is 3.21. The van der Waals surface area contributed by atoms with Gasteiger partial charge in [0.15, 0.2) is 4.87 Å². The monoisotopic (exact) mass is 163 g/mol. The van der Waals surface area contributed by atoms with Gasteiger partial charge < -0.3 is 10.1 Å². The largest absolute Gasteiger partial charge is 0.465 e. The van der Waals surface area contributed by atoms with Crippen molar-refractivity contribution in [1.82, 2.24) is 5.32 Å². The Kier molecular flexibility index (Phi) is 2.16. The zero-order chi connectivity index (χ0) is 7.61. The fraction of sp³-hybridized carbons (Fsp3) is 0.833. The van der Waals surface area contributed by atoms with Crippen molar-refractivity contribution in [2.24, 2.45) is 0 Å². The minimum atomic E-state index is -0.768. The summed E-state index contributed by atoms with van der Waals surface area (Å²) in [5.74, 6) is -0.310. The molecule has 0 unspecified atom stereocenters. The lowest BCUT2D eigenvalue weighted by Crippen LogP contribution is -2.60. The number of hydrogen-bond acceptors (Lipinski definition) is 3. The fourth-order valence-electron chi connectivity index (χ4n) is 0.749. The van der Waals surface area contributed by atoms with Crippen LogP contribution in [-0.4, -0.2) is 30.5 Å². The SMILES string of the molecule is CCOC(=O)C1(Cl)CNC1. The molecule has 0 aromatic carbocycles. The number of carbonyl (C=O) groups excluding carboxylic acids is 1. The van der Waals surface area contributed by atoms with E-state index in [0.29, 0.717) is 19.7 Å². The van der Waals surface area contributed by atoms with Crippen LogP contribution in [0.1, 0.15) is 6.92 Å². The molecule has 1 heterocycles. The van der Waals surface area contributed by atoms with Gasteiger partial charge in [0.25, 0.3) is 0 Å². The highest BCUT2D eigenvalue weighted by atomic mass is 35.5. The highest BCUT2D eigenvalue weighted by Gasteiger charge is 2.43. The summed E-state index contributed by atoms with van der Waals surface area (Å²) < 4.78 is 4.74. The van der Waals surface area contributed by atoms with Crippen molar-refractivity contribution in [1.29, 1.82) is 0 Å². The maximum Gasteiger partial charge on any atom is 0.329 e. The topological polar surface area (TPSA) is 38.3 Å². The lowest BCUT2D eigenvalue weighted by atomic mass is 10.0. The summed E-state index contributed by atoms with van der Waals surface area (Å²) >= 11 is 5.80. The predicted octanol–water partition coefficient (Wildman–Crippen LogP) is 0.130. The first-order valence-corrected chi connectivity index (χ1v) is 3.64. The van der Waals surface area contributed by atoms with Crippen molar-refractivity contribution in [2.75, 3.05) is 19.7 Å². The second-order valence-electron chi connectivity index (χ2n) is 2.29. The second-order valence-corrected chi connectivity index (χ2v) is 3.01. The van der Waals surface area contributed by atoms with Crippen LogP contribution in [0.25, 0.3) is 0 Å². The lowest BCUT2D eigenvalue weighted by molar-refractivity contribution is -0.147. The van der Waals surface area contributed by atoms with E-state index in [9.17, 15) is 4.79 Å². The quantitative estimate of drug-likeness (QED) is 0.465. The molecule has 1 saturated heterocycles. The van der Waals surface area contributed by atoms with Crippen molar-refractivity contribution in [3.05, 3.63) is 0 Å². The predicted molar refractivity (Wildman–Crippen MR) is 38.1 cm³/mol. The molecule has 1 aliphatic rings. The minimum Gasteiger partial charge on any atom is -0.465 e. The average molecular weight is 164 g/mol. The molecular formula is C6H10ClNO2. The molecule has 0 amide bonds. The number of rotatable bonds is 2. The minimum absolute atomic E-state index is 0.310. The van der Waals surface area contributed by atoms with Gasteiger partial charge in [0.1, 0.15) is 0 Å². The Balaban J connectivity index is 2.39. The number of esters is 1. The van der Waals surface area contributed by atoms with Gasteiger partial charge in [0.2, 0.25) is 0 Å². The van der Waals surface area contributed by atoms with Crippen LogP contribution in [0.2, 0.25) is 0 Å². The first kappa shape index (κ1) is 7.82. The van der Waals surface area contributed by atoms with Gasteiger partial charge in [-0.1, -0.05) is 0 Å². The fourth-order valence-corrected chi connectivity index (χ4v) is 0.993. The lowest BCUT2D eigenvalue weighted by Gasteiger charge is -2.33. The molecule has 0 aliphatic carbocycles. The first-order valence-electron chi connectivity index (χ1n) is 3.26. The van der Waals surface area contributed by atoms with Crippen LogP contribution in [0.5, 0.6) is 0 Å². The summed E-state index contributed by atoms with van der Waals surface area (Å²) in [6, 6.07) is 0. The van der Waals surface area contributed by atoms with Crippen molar-refractivity contribution < 1.29 is 9.53 Å². The third-order valence-corrected chi connectivity index (χ3v) is 1.87. The Bertz CT molecular complexity index is 145. The van der Waals surface area contributed by atoms with Crippen LogP contribution in [0.15, 0.2) is 0 Å². The molecule has 0 radical (unpaired) electrons. The van der Waals surface area contributed by atoms with Crippen LogP contribution < -0.4 is 5.32 Å². The first-order chi connectivity index (χ1) is 4.69. The van der Waals surface area contributed by atoms with E-state index < -0.39 is 4.87 Å². The Hall–Kier alpha value is -0.280. The molecule has 0 aromatic heterocycles. The number of halogens is 1. The van der Waals surface area contributed by atoms with Gasteiger partial charge in [-0.3, -0.25) is 4.79 Å². The molecule has 1 N–H and O–H groups in total. The highest BCUT2D eigenvalue weighted by molar-refractivity contribution is 6.35. The summed E-state index contributed by atoms with van der Waals surface area (Å²) in [7, 11) is 0. The van der Waals surface area contributed by atoms with Gasteiger partial charge in [-0.05, 0) is 6.92 Å². The van der Waals surface area contributed by atoms with Crippen molar-refractivity contribution in [2.45, 2.75) is 11.8 Å². The summed E-state index contributed by atoms with van der Waals surface area (Å²) in [6.07, 6.45) is 0. The average Bonchev–Trinajstić information content (AvgIpc) is 1.83. The molecule has 10 heavy (non-hydrogen) atoms. The Morgan fingerprint density at radius 2 is 2.40 bits per heavy atom. The van der Waals surface area contributed by atoms with Gasteiger partial charge in [-0.25, -0.2) is 0 Å². The number of hydrogen-bond donors (Lipinski definition) is 1. The van der Waals surface area contributed by atoms with E-state index in [1.807, 2.05) is 0 Å². The molecule has 0 aromatic rings. The number of ether oxygens (including phenoxy) is 1. The maximum atomic E-state index is 11.0. The van der Waals surface area contributed by atoms with Crippen LogP contribution in [-0.2, 0) is 9.53 Å². The molecule has 3 nitrogen and oxygen atoms in total. The molecule has 0 atom stereocenters. The molecule has 58 valence electrons. The molecule has 0 bridgehead atoms. The zero-order valence-electron chi connectivity index (χ0n) is 5.82. The van der Waals surface area contributed by atoms with Crippen molar-refractivity contribution >= 4 is 17.6 Å². The second kappa shape index (κ2) is 2.76. The Morgan fingerprint density at radius 3 is 2.70 bits per heavy atom. The summed E-state index contributed by atoms with van der Waals surface area (Å²) in [4.78, 5) is 10.2. The van der Waals surface area contributed by atoms with Gasteiger partial charge in [-0.2, -0.15) is 0 Å². The normalized spacial score (nSPS) is 21.4. The molecule has 4 heteroatoms. The van der Waals surface area contributed by atoms with Crippen molar-refractivity contribution in [3.63, 3.8) is 0 Å². The van der Waals surface area contributed by atoms with Crippen LogP contribution >= 0.6 is 11.6 Å². The van der Waals surface area contributed by atoms with E-state index in [2.05, 4.69) is 5.32 Å². The molecule has 1 fully saturated rings. The summed E-state index contributed by atoms with van der Waals surface area (Å²) in [5, 5.41) is 2.91. The van der Waals surface area contributed by atoms with Gasteiger partial charge in [0, 0.05) is 13.1 Å². The standard InChI is InChI=1S/C6H10ClNO2/c1-2-10-5(9)6(7)3-8-4-6/h8H,2-4H2,1H3. The number of alkyl halides is 1. The third kappa shape index (κ3) is 1.25. The smallest absolute Gasteiger partial charge is 0.329 e. The number of nitrogens with one attached hydrogen (secondary N) is 1. The van der Waals surface area contributed by atoms with Crippen LogP contribution in [0.4, 0.5) is 0 Å². The Labute approximate surface area is 64.7 Å². The van der Waals surface area contributed by atoms with Crippen molar-refractivity contribution in [3.8, 4) is 0 Å². The van der Waals surface area contributed by atoms with E-state index in [4.69, 9.17) is 16.3 Å². The summed E-state index contributed by atoms with van der Waals surface area (Å²) in [5.41, 5.74) is 0. The molecule has 0 saturated carbocycles. The third-order valence-electron chi connectivity index (χ3n) is 1.45. The van der Waals surface area contributed by atoms with Gasteiger partial charge in [0.05, 0.1) is 6.61 Å². The van der Waals surface area contributed by atoms with E-state index in [1.54, 1.807) is 6.92 Å². The van der Waals surface area contributed by atoms with Gasteiger partial charge in [-0.15, -0.1) is 11.6 Å². The van der Waals surface area contributed by atoms with Crippen LogP contribution in [0.3, 0.4) is 0 Å². The highest BCUT2D eigenvalue weighted by Crippen LogP contribution is 2.21. The van der Waals surface area contributed by atoms with E-state index in [-0.39, 0.29) is 5.97 Å². The van der Waals surface area contributed by atoms with E-state index in [0.717, 1.165) is 0 Å². The van der Waals surface area contributed by atoms with E-state index in [1.165, 1.54) is 0 Å². The van der Waals surface area contributed by atoms with Gasteiger partial charge >= 0.3 is 5.97 Å². The van der Waals surface area contributed by atoms with Crippen LogP contribution in [0, 0.1) is 0 Å².